The second-order valence-electron chi connectivity index (χ2n) is 6.95. The monoisotopic (exact) mass is 365 g/mol. The number of likely N-dealkylation sites (tertiary alicyclic amines) is 1. The Morgan fingerprint density at radius 3 is 2.77 bits per heavy atom. The number of hydrogen-bond donors (Lipinski definition) is 1. The molecule has 6 nitrogen and oxygen atoms in total. The van der Waals surface area contributed by atoms with Gasteiger partial charge in [0.1, 0.15) is 11.6 Å². The lowest BCUT2D eigenvalue weighted by atomic mass is 10.0. The number of nitrogens with two attached hydrogens (primary N) is 1. The summed E-state index contributed by atoms with van der Waals surface area (Å²) in [4.78, 5) is 14.4. The predicted molar refractivity (Wildman–Crippen MR) is 85.5 cm³/mol. The minimum absolute atomic E-state index is 0.00518. The molecular formula is C17H18F3N5O. The molecule has 0 saturated carbocycles. The third kappa shape index (κ3) is 2.66. The Hall–Kier alpha value is -2.42. The molecule has 3 atom stereocenters. The molecule has 3 heterocycles. The molecule has 4 rings (SSSR count). The van der Waals surface area contributed by atoms with Gasteiger partial charge in [0, 0.05) is 25.1 Å². The Bertz CT molecular complexity index is 884. The molecule has 2 aliphatic heterocycles. The molecule has 138 valence electrons. The van der Waals surface area contributed by atoms with E-state index < -0.39 is 23.5 Å². The van der Waals surface area contributed by atoms with Gasteiger partial charge < -0.3 is 15.2 Å². The average molecular weight is 365 g/mol. The largest absolute Gasteiger partial charge is 0.330 e. The van der Waals surface area contributed by atoms with Crippen molar-refractivity contribution in [2.45, 2.75) is 44.3 Å². The maximum atomic E-state index is 13.7. The fourth-order valence-corrected chi connectivity index (χ4v) is 4.00. The van der Waals surface area contributed by atoms with Gasteiger partial charge in [0.2, 0.25) is 5.91 Å². The Morgan fingerprint density at radius 2 is 2.00 bits per heavy atom. The van der Waals surface area contributed by atoms with Crippen LogP contribution >= 0.6 is 0 Å². The van der Waals surface area contributed by atoms with Gasteiger partial charge in [0.15, 0.2) is 17.5 Å². The zero-order chi connectivity index (χ0) is 18.6. The van der Waals surface area contributed by atoms with Gasteiger partial charge in [0.25, 0.3) is 0 Å². The summed E-state index contributed by atoms with van der Waals surface area (Å²) in [7, 11) is 0. The van der Waals surface area contributed by atoms with E-state index in [0.29, 0.717) is 12.6 Å². The van der Waals surface area contributed by atoms with Crippen molar-refractivity contribution < 1.29 is 18.0 Å². The summed E-state index contributed by atoms with van der Waals surface area (Å²) in [5, 5.41) is 8.21. The van der Waals surface area contributed by atoms with Crippen molar-refractivity contribution in [2.24, 2.45) is 5.73 Å². The van der Waals surface area contributed by atoms with Crippen LogP contribution in [-0.2, 0) is 11.2 Å². The van der Waals surface area contributed by atoms with E-state index in [1.807, 2.05) is 6.92 Å². The van der Waals surface area contributed by atoms with Crippen LogP contribution in [0.2, 0.25) is 0 Å². The number of carbonyl (C=O) groups is 1. The van der Waals surface area contributed by atoms with E-state index in [1.54, 1.807) is 4.90 Å². The maximum Gasteiger partial charge on any atom is 0.224 e. The minimum atomic E-state index is -1.25. The zero-order valence-electron chi connectivity index (χ0n) is 14.1. The van der Waals surface area contributed by atoms with Crippen LogP contribution in [0, 0.1) is 24.4 Å². The van der Waals surface area contributed by atoms with E-state index in [2.05, 4.69) is 14.8 Å². The van der Waals surface area contributed by atoms with Gasteiger partial charge in [-0.2, -0.15) is 0 Å². The smallest absolute Gasteiger partial charge is 0.224 e. The third-order valence-corrected chi connectivity index (χ3v) is 5.16. The van der Waals surface area contributed by atoms with E-state index in [-0.39, 0.29) is 36.4 Å². The Balaban J connectivity index is 1.42. The van der Waals surface area contributed by atoms with Crippen molar-refractivity contribution in [3.8, 4) is 0 Å². The van der Waals surface area contributed by atoms with Gasteiger partial charge in [-0.15, -0.1) is 10.2 Å². The molecule has 0 spiro atoms. The molecule has 0 radical (unpaired) electrons. The minimum Gasteiger partial charge on any atom is -0.330 e. The van der Waals surface area contributed by atoms with Gasteiger partial charge in [-0.1, -0.05) is 0 Å². The highest BCUT2D eigenvalue weighted by Crippen LogP contribution is 2.45. The molecule has 1 fully saturated rings. The number of aromatic nitrogens is 3. The van der Waals surface area contributed by atoms with E-state index in [4.69, 9.17) is 5.73 Å². The summed E-state index contributed by atoms with van der Waals surface area (Å²) in [6, 6.07) is 0.654. The van der Waals surface area contributed by atoms with E-state index >= 15 is 0 Å². The first-order valence-corrected chi connectivity index (χ1v) is 8.45. The fraction of sp³-hybridized carbons (Fsp3) is 0.471. The summed E-state index contributed by atoms with van der Waals surface area (Å²) < 4.78 is 42.1. The lowest BCUT2D eigenvalue weighted by Gasteiger charge is -2.28. The number of amides is 1. The number of nitrogens with zero attached hydrogens (tertiary/aromatic N) is 4. The maximum absolute atomic E-state index is 13.7. The van der Waals surface area contributed by atoms with Crippen LogP contribution in [0.3, 0.4) is 0 Å². The zero-order valence-corrected chi connectivity index (χ0v) is 14.1. The van der Waals surface area contributed by atoms with Crippen LogP contribution in [0.1, 0.15) is 42.1 Å². The van der Waals surface area contributed by atoms with Crippen molar-refractivity contribution in [2.75, 3.05) is 6.54 Å². The van der Waals surface area contributed by atoms with Crippen LogP contribution in [0.25, 0.3) is 0 Å². The van der Waals surface area contributed by atoms with Crippen LogP contribution in [0.4, 0.5) is 13.2 Å². The van der Waals surface area contributed by atoms with Crippen molar-refractivity contribution in [3.63, 3.8) is 0 Å². The first-order chi connectivity index (χ1) is 12.3. The number of benzene rings is 1. The summed E-state index contributed by atoms with van der Waals surface area (Å²) in [6.07, 6.45) is 0.755. The fourth-order valence-electron chi connectivity index (χ4n) is 4.00. The highest BCUT2D eigenvalue weighted by molar-refractivity contribution is 5.78. The normalized spacial score (nSPS) is 22.0. The van der Waals surface area contributed by atoms with Gasteiger partial charge in [0.05, 0.1) is 12.1 Å². The molecule has 2 aromatic rings. The van der Waals surface area contributed by atoms with Crippen molar-refractivity contribution in [1.82, 2.24) is 19.7 Å². The number of halogens is 3. The van der Waals surface area contributed by atoms with Crippen molar-refractivity contribution >= 4 is 5.91 Å². The summed E-state index contributed by atoms with van der Waals surface area (Å²) in [6.45, 7) is 2.46. The topological polar surface area (TPSA) is 77.0 Å². The molecule has 1 amide bonds. The van der Waals surface area contributed by atoms with Crippen LogP contribution < -0.4 is 5.73 Å². The standard InChI is InChI=1S/C17H18F3N5O/c1-8-22-23-17-15-5-11(25(8)17)7-24(15)16(26)4-10(21)2-9-3-13(19)14(20)6-12(9)18/h3,6,10-11,15H,2,4-5,7,21H2,1H3/t10-,11-,15-/m1/s1. The molecule has 26 heavy (non-hydrogen) atoms. The van der Waals surface area contributed by atoms with E-state index in [0.717, 1.165) is 24.1 Å². The molecule has 2 N–H and O–H groups in total. The second-order valence-corrected chi connectivity index (χ2v) is 6.95. The molecule has 1 aromatic heterocycles. The number of carbonyl (C=O) groups excluding carboxylic acids is 1. The van der Waals surface area contributed by atoms with E-state index in [1.165, 1.54) is 0 Å². The SMILES string of the molecule is Cc1nnc2n1[C@@H]1C[C@H]2N(C(=O)C[C@H](N)Cc2cc(F)c(F)cc2F)C1. The summed E-state index contributed by atoms with van der Waals surface area (Å²) in [5.41, 5.74) is 5.93. The third-order valence-electron chi connectivity index (χ3n) is 5.16. The van der Waals surface area contributed by atoms with Crippen LogP contribution in [0.5, 0.6) is 0 Å². The van der Waals surface area contributed by atoms with Gasteiger partial charge in [-0.05, 0) is 31.4 Å². The predicted octanol–water partition coefficient (Wildman–Crippen LogP) is 1.79. The molecule has 2 aliphatic rings. The molecule has 1 aromatic carbocycles. The first-order valence-electron chi connectivity index (χ1n) is 8.45. The van der Waals surface area contributed by atoms with Crippen LogP contribution in [0.15, 0.2) is 12.1 Å². The summed E-state index contributed by atoms with van der Waals surface area (Å²) in [5.74, 6) is -1.78. The number of hydrogen-bond acceptors (Lipinski definition) is 4. The van der Waals surface area contributed by atoms with Crippen LogP contribution in [-0.4, -0.2) is 38.2 Å². The van der Waals surface area contributed by atoms with Gasteiger partial charge in [-0.3, -0.25) is 4.79 Å². The number of aryl methyl sites for hydroxylation is 1. The average Bonchev–Trinajstić information content (AvgIpc) is 3.25. The lowest BCUT2D eigenvalue weighted by Crippen LogP contribution is -2.39. The number of rotatable bonds is 4. The first kappa shape index (κ1) is 17.0. The second kappa shape index (κ2) is 6.08. The Labute approximate surface area is 147 Å². The molecule has 0 aliphatic carbocycles. The van der Waals surface area contributed by atoms with E-state index in [9.17, 15) is 18.0 Å². The Morgan fingerprint density at radius 1 is 1.27 bits per heavy atom. The van der Waals surface area contributed by atoms with Gasteiger partial charge in [-0.25, -0.2) is 13.2 Å². The molecule has 9 heteroatoms. The number of fused-ring (bicyclic) bond motifs is 5. The molecular weight excluding hydrogens is 347 g/mol. The Kier molecular flexibility index (Phi) is 3.98. The van der Waals surface area contributed by atoms with Crippen molar-refractivity contribution in [1.29, 1.82) is 0 Å². The lowest BCUT2D eigenvalue weighted by molar-refractivity contribution is -0.133. The molecule has 0 unspecified atom stereocenters. The quantitative estimate of drug-likeness (QED) is 0.838. The highest BCUT2D eigenvalue weighted by atomic mass is 19.2. The van der Waals surface area contributed by atoms with Crippen molar-refractivity contribution in [3.05, 3.63) is 46.8 Å². The molecule has 1 saturated heterocycles. The molecule has 2 bridgehead atoms. The highest BCUT2D eigenvalue weighted by Gasteiger charge is 2.46. The summed E-state index contributed by atoms with van der Waals surface area (Å²) >= 11 is 0. The van der Waals surface area contributed by atoms with Gasteiger partial charge >= 0.3 is 0 Å².